The number of carbonyl (C=O) groups is 1. The highest BCUT2D eigenvalue weighted by atomic mass is 16.5. The average molecular weight is 268 g/mol. The standard InChI is InChI=1S/C15H28N2O2/c1-3-6-15(7-4-8-16-12-15)14(18)17-9-5-13(10-17)11-19-2/h13,16H,3-12H2,1-2H3. The zero-order chi connectivity index (χ0) is 13.7. The molecular weight excluding hydrogens is 240 g/mol. The van der Waals surface area contributed by atoms with Crippen molar-refractivity contribution in [2.45, 2.75) is 39.0 Å². The van der Waals surface area contributed by atoms with Crippen LogP contribution in [0.25, 0.3) is 0 Å². The van der Waals surface area contributed by atoms with Gasteiger partial charge in [-0.3, -0.25) is 4.79 Å². The third-order valence-corrected chi connectivity index (χ3v) is 4.63. The van der Waals surface area contributed by atoms with Crippen molar-refractivity contribution in [1.82, 2.24) is 10.2 Å². The van der Waals surface area contributed by atoms with Crippen molar-refractivity contribution in [2.24, 2.45) is 11.3 Å². The van der Waals surface area contributed by atoms with Gasteiger partial charge in [-0.2, -0.15) is 0 Å². The molecule has 0 saturated carbocycles. The maximum atomic E-state index is 12.9. The normalized spacial score (nSPS) is 31.7. The van der Waals surface area contributed by atoms with Crippen LogP contribution in [0.1, 0.15) is 39.0 Å². The molecule has 4 nitrogen and oxygen atoms in total. The Bertz CT molecular complexity index is 295. The number of hydrogen-bond donors (Lipinski definition) is 1. The first kappa shape index (κ1) is 14.8. The minimum Gasteiger partial charge on any atom is -0.384 e. The number of ether oxygens (including phenoxy) is 1. The molecule has 0 aromatic heterocycles. The fourth-order valence-electron chi connectivity index (χ4n) is 3.67. The molecule has 2 aliphatic heterocycles. The highest BCUT2D eigenvalue weighted by molar-refractivity contribution is 5.83. The first-order valence-corrected chi connectivity index (χ1v) is 7.71. The largest absolute Gasteiger partial charge is 0.384 e. The smallest absolute Gasteiger partial charge is 0.230 e. The number of nitrogens with zero attached hydrogens (tertiary/aromatic N) is 1. The van der Waals surface area contributed by atoms with Crippen LogP contribution in [0.15, 0.2) is 0 Å². The molecule has 1 N–H and O–H groups in total. The molecule has 0 spiro atoms. The molecule has 0 aromatic carbocycles. The number of hydrogen-bond acceptors (Lipinski definition) is 3. The molecule has 2 fully saturated rings. The predicted octanol–water partition coefficient (Wildman–Crippen LogP) is 1.65. The minimum absolute atomic E-state index is 0.130. The van der Waals surface area contributed by atoms with E-state index in [9.17, 15) is 4.79 Å². The first-order valence-electron chi connectivity index (χ1n) is 7.71. The van der Waals surface area contributed by atoms with Gasteiger partial charge in [-0.15, -0.1) is 0 Å². The van der Waals surface area contributed by atoms with Crippen LogP contribution in [-0.4, -0.2) is 50.7 Å². The van der Waals surface area contributed by atoms with Gasteiger partial charge in [0.05, 0.1) is 12.0 Å². The Morgan fingerprint density at radius 2 is 2.37 bits per heavy atom. The number of nitrogens with one attached hydrogen (secondary N) is 1. The van der Waals surface area contributed by atoms with E-state index in [-0.39, 0.29) is 5.41 Å². The molecule has 2 heterocycles. The van der Waals surface area contributed by atoms with Crippen molar-refractivity contribution in [3.8, 4) is 0 Å². The second-order valence-electron chi connectivity index (χ2n) is 6.17. The van der Waals surface area contributed by atoms with Crippen LogP contribution < -0.4 is 5.32 Å². The summed E-state index contributed by atoms with van der Waals surface area (Å²) in [5, 5.41) is 3.43. The summed E-state index contributed by atoms with van der Waals surface area (Å²) in [4.78, 5) is 15.0. The molecule has 2 saturated heterocycles. The van der Waals surface area contributed by atoms with Gasteiger partial charge < -0.3 is 15.0 Å². The summed E-state index contributed by atoms with van der Waals surface area (Å²) in [5.41, 5.74) is -0.130. The molecule has 1 amide bonds. The van der Waals surface area contributed by atoms with Crippen LogP contribution in [0.2, 0.25) is 0 Å². The molecule has 2 unspecified atom stereocenters. The highest BCUT2D eigenvalue weighted by Gasteiger charge is 2.42. The summed E-state index contributed by atoms with van der Waals surface area (Å²) >= 11 is 0. The Labute approximate surface area is 116 Å². The Morgan fingerprint density at radius 3 is 3.00 bits per heavy atom. The highest BCUT2D eigenvalue weighted by Crippen LogP contribution is 2.35. The van der Waals surface area contributed by atoms with Crippen LogP contribution in [0.5, 0.6) is 0 Å². The van der Waals surface area contributed by atoms with Gasteiger partial charge in [0.1, 0.15) is 0 Å². The molecular formula is C15H28N2O2. The van der Waals surface area contributed by atoms with E-state index in [0.717, 1.165) is 64.9 Å². The van der Waals surface area contributed by atoms with Gasteiger partial charge in [-0.1, -0.05) is 13.3 Å². The number of carbonyl (C=O) groups excluding carboxylic acids is 1. The summed E-state index contributed by atoms with van der Waals surface area (Å²) in [5.74, 6) is 0.921. The van der Waals surface area contributed by atoms with Crippen molar-refractivity contribution in [2.75, 3.05) is 39.9 Å². The molecule has 19 heavy (non-hydrogen) atoms. The van der Waals surface area contributed by atoms with Crippen molar-refractivity contribution in [3.05, 3.63) is 0 Å². The van der Waals surface area contributed by atoms with Gasteiger partial charge in [0, 0.05) is 32.7 Å². The summed E-state index contributed by atoms with van der Waals surface area (Å²) in [6.07, 6.45) is 5.38. The SMILES string of the molecule is CCCC1(C(=O)N2CCC(COC)C2)CCCNC1. The molecule has 2 rings (SSSR count). The van der Waals surface area contributed by atoms with Gasteiger partial charge in [-0.05, 0) is 32.2 Å². The zero-order valence-corrected chi connectivity index (χ0v) is 12.4. The van der Waals surface area contributed by atoms with Crippen LogP contribution in [0.4, 0.5) is 0 Å². The van der Waals surface area contributed by atoms with Gasteiger partial charge in [-0.25, -0.2) is 0 Å². The van der Waals surface area contributed by atoms with Crippen molar-refractivity contribution >= 4 is 5.91 Å². The molecule has 4 heteroatoms. The Kier molecular flexibility index (Phi) is 5.22. The zero-order valence-electron chi connectivity index (χ0n) is 12.4. The summed E-state index contributed by atoms with van der Waals surface area (Å²) < 4.78 is 5.22. The number of amides is 1. The van der Waals surface area contributed by atoms with E-state index in [1.807, 2.05) is 0 Å². The maximum Gasteiger partial charge on any atom is 0.230 e. The summed E-state index contributed by atoms with van der Waals surface area (Å²) in [7, 11) is 1.74. The Hall–Kier alpha value is -0.610. The fraction of sp³-hybridized carbons (Fsp3) is 0.933. The molecule has 0 aliphatic carbocycles. The Balaban J connectivity index is 1.99. The molecule has 0 bridgehead atoms. The summed E-state index contributed by atoms with van der Waals surface area (Å²) in [6, 6.07) is 0. The van der Waals surface area contributed by atoms with Crippen molar-refractivity contribution in [3.63, 3.8) is 0 Å². The van der Waals surface area contributed by atoms with Crippen LogP contribution >= 0.6 is 0 Å². The van der Waals surface area contributed by atoms with E-state index in [0.29, 0.717) is 11.8 Å². The molecule has 2 atom stereocenters. The van der Waals surface area contributed by atoms with Crippen molar-refractivity contribution in [1.29, 1.82) is 0 Å². The van der Waals surface area contributed by atoms with Gasteiger partial charge in [0.15, 0.2) is 0 Å². The number of piperidine rings is 1. The van der Waals surface area contributed by atoms with Gasteiger partial charge in [0.25, 0.3) is 0 Å². The molecule has 2 aliphatic rings. The van der Waals surface area contributed by atoms with E-state index < -0.39 is 0 Å². The monoisotopic (exact) mass is 268 g/mol. The van der Waals surface area contributed by atoms with Crippen LogP contribution in [0, 0.1) is 11.3 Å². The minimum atomic E-state index is -0.130. The number of rotatable bonds is 5. The topological polar surface area (TPSA) is 41.6 Å². The van der Waals surface area contributed by atoms with Crippen molar-refractivity contribution < 1.29 is 9.53 Å². The van der Waals surface area contributed by atoms with E-state index in [2.05, 4.69) is 17.1 Å². The first-order chi connectivity index (χ1) is 9.22. The quantitative estimate of drug-likeness (QED) is 0.824. The van der Waals surface area contributed by atoms with E-state index >= 15 is 0 Å². The second-order valence-corrected chi connectivity index (χ2v) is 6.17. The lowest BCUT2D eigenvalue weighted by atomic mass is 9.75. The van der Waals surface area contributed by atoms with Crippen LogP contribution in [0.3, 0.4) is 0 Å². The van der Waals surface area contributed by atoms with Crippen LogP contribution in [-0.2, 0) is 9.53 Å². The fourth-order valence-corrected chi connectivity index (χ4v) is 3.67. The molecule has 110 valence electrons. The average Bonchev–Trinajstić information content (AvgIpc) is 2.88. The third-order valence-electron chi connectivity index (χ3n) is 4.63. The molecule has 0 radical (unpaired) electrons. The van der Waals surface area contributed by atoms with Gasteiger partial charge >= 0.3 is 0 Å². The third kappa shape index (κ3) is 3.29. The predicted molar refractivity (Wildman–Crippen MR) is 76.0 cm³/mol. The van der Waals surface area contributed by atoms with E-state index in [4.69, 9.17) is 4.74 Å². The second kappa shape index (κ2) is 6.71. The lowest BCUT2D eigenvalue weighted by Crippen LogP contribution is -2.51. The lowest BCUT2D eigenvalue weighted by molar-refractivity contribution is -0.143. The van der Waals surface area contributed by atoms with E-state index in [1.165, 1.54) is 0 Å². The van der Waals surface area contributed by atoms with Gasteiger partial charge in [0.2, 0.25) is 5.91 Å². The summed E-state index contributed by atoms with van der Waals surface area (Å²) in [6.45, 7) is 6.69. The maximum absolute atomic E-state index is 12.9. The number of likely N-dealkylation sites (tertiary alicyclic amines) is 1. The molecule has 0 aromatic rings. The lowest BCUT2D eigenvalue weighted by Gasteiger charge is -2.39. The van der Waals surface area contributed by atoms with E-state index in [1.54, 1.807) is 7.11 Å². The Morgan fingerprint density at radius 1 is 1.53 bits per heavy atom. The number of methoxy groups -OCH3 is 1.